The zero-order valence-electron chi connectivity index (χ0n) is 68.1. The Hall–Kier alpha value is -8.57. The summed E-state index contributed by atoms with van der Waals surface area (Å²) in [5.41, 5.74) is 0.290. The lowest BCUT2D eigenvalue weighted by atomic mass is 9.49. The summed E-state index contributed by atoms with van der Waals surface area (Å²) < 4.78 is 173. The van der Waals surface area contributed by atoms with E-state index in [1.54, 1.807) is 0 Å². The molecule has 123 heavy (non-hydrogen) atoms. The molecule has 0 amide bonds. The minimum atomic E-state index is -6.02. The molecule has 21 rings (SSSR count). The molecule has 7 aromatic carbocycles. The van der Waals surface area contributed by atoms with Crippen molar-refractivity contribution in [3.63, 3.8) is 0 Å². The molecule has 0 aromatic heterocycles. The maximum absolute atomic E-state index is 13.5. The smallest absolute Gasteiger partial charge is 0.367 e. The van der Waals surface area contributed by atoms with Crippen LogP contribution in [0.3, 0.4) is 0 Å². The van der Waals surface area contributed by atoms with E-state index in [0.29, 0.717) is 54.6 Å². The van der Waals surface area contributed by atoms with Crippen molar-refractivity contribution in [2.45, 2.75) is 161 Å². The highest BCUT2D eigenvalue weighted by Crippen LogP contribution is 2.65. The topological polar surface area (TPSA) is 339 Å². The molecule has 12 bridgehead atoms. The van der Waals surface area contributed by atoms with Gasteiger partial charge < -0.3 is 51.6 Å². The van der Waals surface area contributed by atoms with Gasteiger partial charge in [-0.05, 0) is 198 Å². The Labute approximate surface area is 719 Å². The fourth-order valence-electron chi connectivity index (χ4n) is 22.1. The fraction of sp³-hybridized carbons (Fsp3) is 0.473. The van der Waals surface area contributed by atoms with Gasteiger partial charge in [0.05, 0.1) is 83.7 Å². The molecule has 12 unspecified atom stereocenters. The number of carbonyl (C=O) groups excluding carboxylic acids is 6. The molecule has 14 aliphatic rings. The van der Waals surface area contributed by atoms with Gasteiger partial charge in [0.25, 0.3) is 10.1 Å². The number of nitrogens with zero attached hydrogens (tertiary/aromatic N) is 1. The Kier molecular flexibility index (Phi) is 27.1. The first-order valence-electron chi connectivity index (χ1n) is 41.3. The summed E-state index contributed by atoms with van der Waals surface area (Å²) in [7, 11) is -9.19. The number of hydrogen-bond acceptors (Lipinski definition) is 22. The van der Waals surface area contributed by atoms with E-state index in [-0.39, 0.29) is 33.7 Å². The summed E-state index contributed by atoms with van der Waals surface area (Å²) in [5, 5.41) is -0.713. The molecule has 2 heterocycles. The molecule has 2 aliphatic heterocycles. The molecule has 2 saturated heterocycles. The average molecular weight is 1800 g/mol. The predicted molar refractivity (Wildman–Crippen MR) is 436 cm³/mol. The number of rotatable bonds is 21. The molecule has 0 radical (unpaired) electrons. The molecular formula is C91H99F4NO22S5. The third-order valence-corrected chi connectivity index (χ3v) is 32.5. The molecule has 23 nitrogen and oxygen atoms in total. The highest BCUT2D eigenvalue weighted by Gasteiger charge is 2.73. The van der Waals surface area contributed by atoms with Crippen LogP contribution in [-0.4, -0.2) is 150 Å². The van der Waals surface area contributed by atoms with Gasteiger partial charge in [-0.3, -0.25) is 28.8 Å². The van der Waals surface area contributed by atoms with Crippen LogP contribution in [0.15, 0.2) is 242 Å². The summed E-state index contributed by atoms with van der Waals surface area (Å²) in [6.45, 7) is -2.77. The first-order chi connectivity index (χ1) is 58.3. The first kappa shape index (κ1) is 90.7. The van der Waals surface area contributed by atoms with Gasteiger partial charge in [0.2, 0.25) is 0 Å². The van der Waals surface area contributed by atoms with Gasteiger partial charge in [-0.25, -0.2) is 25.3 Å². The number of halogens is 4. The van der Waals surface area contributed by atoms with E-state index >= 15 is 0 Å². The quantitative estimate of drug-likeness (QED) is 0.00942. The van der Waals surface area contributed by atoms with Crippen LogP contribution in [0.25, 0.3) is 0 Å². The van der Waals surface area contributed by atoms with E-state index in [1.807, 2.05) is 0 Å². The molecule has 7 aromatic rings. The average Bonchev–Trinajstić information content (AvgIpc) is 1.56. The Morgan fingerprint density at radius 3 is 0.894 bits per heavy atom. The molecule has 658 valence electrons. The molecular weight excluding hydrogens is 1700 g/mol. The van der Waals surface area contributed by atoms with Gasteiger partial charge in [0, 0.05) is 29.2 Å². The number of hydrogen-bond donors (Lipinski definition) is 0. The molecule has 12 atom stereocenters. The molecule has 14 fully saturated rings. The molecule has 32 heteroatoms. The number of esters is 6. The van der Waals surface area contributed by atoms with E-state index in [0.717, 1.165) is 88.1 Å². The van der Waals surface area contributed by atoms with Crippen LogP contribution < -0.4 is 5.26 Å². The van der Waals surface area contributed by atoms with Crippen molar-refractivity contribution >= 4 is 88.0 Å². The van der Waals surface area contributed by atoms with Crippen molar-refractivity contribution in [2.24, 2.45) is 93.7 Å². The van der Waals surface area contributed by atoms with Gasteiger partial charge in [0.15, 0.2) is 62.8 Å². The van der Waals surface area contributed by atoms with Crippen molar-refractivity contribution in [3.8, 4) is 0 Å². The highest BCUT2D eigenvalue weighted by molar-refractivity contribution is 7.97. The second kappa shape index (κ2) is 36.8. The Morgan fingerprint density at radius 2 is 0.667 bits per heavy atom. The van der Waals surface area contributed by atoms with Gasteiger partial charge in [-0.2, -0.15) is 17.6 Å². The zero-order valence-corrected chi connectivity index (χ0v) is 72.2. The summed E-state index contributed by atoms with van der Waals surface area (Å²) >= 11 is 0. The minimum Gasteiger partial charge on any atom is -0.743 e. The lowest BCUT2D eigenvalue weighted by Gasteiger charge is -2.55. The largest absolute Gasteiger partial charge is 0.743 e. The summed E-state index contributed by atoms with van der Waals surface area (Å²) in [5.74, 6) is -7.79. The lowest BCUT2D eigenvalue weighted by molar-refractivity contribution is -0.884. The maximum atomic E-state index is 13.5. The van der Waals surface area contributed by atoms with Crippen LogP contribution in [0.5, 0.6) is 0 Å². The van der Waals surface area contributed by atoms with Crippen LogP contribution >= 0.6 is 0 Å². The van der Waals surface area contributed by atoms with Crippen LogP contribution in [0.2, 0.25) is 0 Å². The second-order valence-electron chi connectivity index (χ2n) is 35.8. The third kappa shape index (κ3) is 20.3. The molecule has 12 saturated carbocycles. The van der Waals surface area contributed by atoms with Crippen LogP contribution in [0.4, 0.5) is 17.6 Å². The summed E-state index contributed by atoms with van der Waals surface area (Å²) in [4.78, 5) is 85.4. The van der Waals surface area contributed by atoms with Crippen LogP contribution in [0.1, 0.15) is 95.5 Å². The molecule has 0 N–H and O–H groups in total. The number of quaternary nitrogens is 1. The van der Waals surface area contributed by atoms with Gasteiger partial charge in [0.1, 0.15) is 31.0 Å². The SMILES string of the molecule is CS(=O)(=O)O[O-].C[N+](C)(C)Cc1ccccc1.O=C1OC2C3CC(C2OC(=O)C24CC5CC(CC(C5)C2)C4)C(C(=O)OCC(F)(F)S(=O)(=O)[O-])C13.O=C1OC2C3CC(C2OC(=O)C24CC5CC(CC(C5)C2)C4)C(C(=O)OCC(F)(F)S(=O)(=O)[O-])C13.c1ccc([S+](c2ccccc2)c2ccccc2)cc1.c1ccc([S+](c2ccccc2)c2ccccc2)cc1. The van der Waals surface area contributed by atoms with Crippen molar-refractivity contribution in [1.82, 2.24) is 0 Å². The normalized spacial score (nSPS) is 30.3. The van der Waals surface area contributed by atoms with Crippen molar-refractivity contribution < 1.29 is 123 Å². The minimum absolute atomic E-state index is 0.0146. The van der Waals surface area contributed by atoms with Gasteiger partial charge in [-0.1, -0.05) is 140 Å². The summed E-state index contributed by atoms with van der Waals surface area (Å²) in [6, 6.07) is 74.9. The highest BCUT2D eigenvalue weighted by atomic mass is 32.2. The Bertz CT molecular complexity index is 4720. The summed E-state index contributed by atoms with van der Waals surface area (Å²) in [6.07, 6.45) is 9.68. The maximum Gasteiger partial charge on any atom is 0.367 e. The van der Waals surface area contributed by atoms with Crippen LogP contribution in [-0.2, 0) is 120 Å². The molecule has 0 spiro atoms. The third-order valence-electron chi connectivity index (χ3n) is 26.1. The van der Waals surface area contributed by atoms with Crippen molar-refractivity contribution in [2.75, 3.05) is 40.6 Å². The van der Waals surface area contributed by atoms with E-state index in [9.17, 15) is 80.7 Å². The molecule has 12 aliphatic carbocycles. The monoisotopic (exact) mass is 1790 g/mol. The number of fused-ring (bicyclic) bond motifs is 2. The van der Waals surface area contributed by atoms with Crippen molar-refractivity contribution in [3.05, 3.63) is 218 Å². The number of ether oxygens (including phenoxy) is 6. The number of benzene rings is 7. The Balaban J connectivity index is 0.000000129. The fourth-order valence-corrected chi connectivity index (χ4v) is 26.7. The Morgan fingerprint density at radius 1 is 0.423 bits per heavy atom. The van der Waals surface area contributed by atoms with E-state index in [2.05, 4.69) is 247 Å². The number of alkyl halides is 4. The van der Waals surface area contributed by atoms with E-state index in [4.69, 9.17) is 24.2 Å². The predicted octanol–water partition coefficient (Wildman–Crippen LogP) is 12.9. The number of carbonyl (C=O) groups is 6. The van der Waals surface area contributed by atoms with Gasteiger partial charge >= 0.3 is 46.3 Å². The lowest BCUT2D eigenvalue weighted by Crippen LogP contribution is -2.53. The van der Waals surface area contributed by atoms with E-state index < -0.39 is 161 Å². The standard InChI is InChI=1S/2C22H26F2O9S.2C18H15S.C10H16N.CH4O4S/c2*23-22(24,34(28,29)30)8-31-18(25)14-12-4-13-15(14)19(26)32-16(13)17(12)33-20(27)21-5-9-1-10(6-21)3-11(2-9)7-21;2*1-4-10-16(11-5-1)19(17-12-6-2-7-13-17)18-14-8-3-9-15-18;1-11(2,3)9-10-7-5-4-6-8-10;1-6(3,4)5-2/h2*9-17H,1-8H2,(H,28,29,30);2*1-15H;4-8H,9H2,1-3H3;2H,1H3/q;;3*+1;/p-3. The zero-order chi connectivity index (χ0) is 87.8. The van der Waals surface area contributed by atoms with Crippen molar-refractivity contribution in [1.29, 1.82) is 0 Å². The van der Waals surface area contributed by atoms with Gasteiger partial charge in [-0.15, -0.1) is 0 Å². The van der Waals surface area contributed by atoms with Crippen LogP contribution in [0, 0.1) is 93.7 Å². The first-order valence-corrected chi connectivity index (χ1v) is 48.4. The second-order valence-corrected chi connectivity index (χ2v) is 44.4. The van der Waals surface area contributed by atoms with E-state index in [1.165, 1.54) is 34.9 Å².